The van der Waals surface area contributed by atoms with Crippen molar-refractivity contribution in [2.24, 2.45) is 5.41 Å². The van der Waals surface area contributed by atoms with Crippen LogP contribution < -0.4 is 0 Å². The normalized spacial score (nSPS) is 11.3. The number of hydrogen-bond acceptors (Lipinski definition) is 5. The van der Waals surface area contributed by atoms with Crippen molar-refractivity contribution >= 4 is 44.3 Å². The van der Waals surface area contributed by atoms with Gasteiger partial charge in [0.05, 0.1) is 14.2 Å². The Kier molecular flexibility index (Phi) is 7.32. The van der Waals surface area contributed by atoms with Gasteiger partial charge in [0.1, 0.15) is 0 Å². The van der Waals surface area contributed by atoms with Crippen LogP contribution >= 0.6 is 0 Å². The average molecular weight is 487 g/mol. The van der Waals surface area contributed by atoms with Crippen molar-refractivity contribution in [1.29, 1.82) is 0 Å². The monoisotopic (exact) mass is 486 g/mol. The first kappa shape index (κ1) is 25.2. The highest BCUT2D eigenvalue weighted by atomic mass is 16.5. The summed E-state index contributed by atoms with van der Waals surface area (Å²) in [7, 11) is 2.31. The Balaban J connectivity index is 1.64. The Morgan fingerprint density at radius 3 is 1.97 bits per heavy atom. The highest BCUT2D eigenvalue weighted by Gasteiger charge is 2.47. The third-order valence-corrected chi connectivity index (χ3v) is 6.15. The number of terminal acetylenes is 1. The van der Waals surface area contributed by atoms with Gasteiger partial charge in [-0.25, -0.2) is 0 Å². The van der Waals surface area contributed by atoms with Crippen molar-refractivity contribution in [1.82, 2.24) is 0 Å². The smallest absolute Gasteiger partial charge is 0.325 e. The number of carbonyl (C=O) groups is 2. The Bertz CT molecular complexity index is 1660. The highest BCUT2D eigenvalue weighted by molar-refractivity contribution is 6.23. The van der Waals surface area contributed by atoms with Gasteiger partial charge in [-0.05, 0) is 56.3 Å². The molecule has 0 heterocycles. The van der Waals surface area contributed by atoms with Gasteiger partial charge in [0.15, 0.2) is 11.5 Å². The van der Waals surface area contributed by atoms with Crippen molar-refractivity contribution in [3.05, 3.63) is 60.2 Å². The molecule has 4 aromatic carbocycles. The first-order valence-electron chi connectivity index (χ1n) is 11.4. The molecule has 0 radical (unpaired) electrons. The van der Waals surface area contributed by atoms with Crippen molar-refractivity contribution in [3.63, 3.8) is 0 Å². The van der Waals surface area contributed by atoms with E-state index in [1.165, 1.54) is 21.5 Å². The number of methoxy groups -OCH3 is 2. The van der Waals surface area contributed by atoms with Gasteiger partial charge in [-0.2, -0.15) is 0 Å². The van der Waals surface area contributed by atoms with E-state index in [2.05, 4.69) is 78.0 Å². The van der Waals surface area contributed by atoms with Crippen LogP contribution in [0.15, 0.2) is 54.6 Å². The van der Waals surface area contributed by atoms with Crippen molar-refractivity contribution < 1.29 is 24.2 Å². The number of ether oxygens (including phenoxy) is 2. The number of benzene rings is 4. The van der Waals surface area contributed by atoms with E-state index in [9.17, 15) is 14.7 Å². The van der Waals surface area contributed by atoms with Crippen molar-refractivity contribution in [2.45, 2.75) is 18.9 Å². The number of rotatable bonds is 4. The molecule has 1 atom stereocenters. The molecule has 0 fully saturated rings. The van der Waals surface area contributed by atoms with Crippen LogP contribution in [0, 0.1) is 53.3 Å². The third-order valence-electron chi connectivity index (χ3n) is 6.15. The molecule has 37 heavy (non-hydrogen) atoms. The first-order valence-corrected chi connectivity index (χ1v) is 11.4. The Labute approximate surface area is 215 Å². The molecule has 1 N–H and O–H groups in total. The molecule has 0 aliphatic carbocycles. The predicted octanol–water partition coefficient (Wildman–Crippen LogP) is 4.05. The van der Waals surface area contributed by atoms with E-state index in [-0.39, 0.29) is 12.8 Å². The zero-order valence-corrected chi connectivity index (χ0v) is 20.3. The number of carbonyl (C=O) groups excluding carboxylic acids is 2. The summed E-state index contributed by atoms with van der Waals surface area (Å²) >= 11 is 0. The minimum Gasteiger partial charge on any atom is -0.468 e. The Hall–Kier alpha value is -4.94. The molecule has 0 saturated carbocycles. The van der Waals surface area contributed by atoms with E-state index in [0.717, 1.165) is 30.6 Å². The van der Waals surface area contributed by atoms with E-state index in [0.29, 0.717) is 0 Å². The van der Waals surface area contributed by atoms with E-state index in [4.69, 9.17) is 15.9 Å². The molecule has 4 rings (SSSR count). The molecular weight excluding hydrogens is 464 g/mol. The van der Waals surface area contributed by atoms with Crippen LogP contribution in [0.3, 0.4) is 0 Å². The maximum Gasteiger partial charge on any atom is 0.325 e. The van der Waals surface area contributed by atoms with Gasteiger partial charge in [0.25, 0.3) is 0 Å². The number of esters is 2. The van der Waals surface area contributed by atoms with E-state index < -0.39 is 23.5 Å². The molecular formula is C32H22O5. The van der Waals surface area contributed by atoms with Crippen molar-refractivity contribution in [2.75, 3.05) is 14.2 Å². The molecule has 0 bridgehead atoms. The second-order valence-corrected chi connectivity index (χ2v) is 8.37. The molecule has 1 unspecified atom stereocenters. The quantitative estimate of drug-likeness (QED) is 0.204. The molecule has 0 spiro atoms. The fourth-order valence-electron chi connectivity index (χ4n) is 4.33. The third kappa shape index (κ3) is 4.91. The number of hydrogen-bond donors (Lipinski definition) is 1. The minimum atomic E-state index is -1.80. The lowest BCUT2D eigenvalue weighted by Crippen LogP contribution is -2.40. The van der Waals surface area contributed by atoms with E-state index in [1.807, 2.05) is 18.1 Å². The summed E-state index contributed by atoms with van der Waals surface area (Å²) < 4.78 is 9.66. The van der Waals surface area contributed by atoms with Crippen LogP contribution in [0.2, 0.25) is 0 Å². The Morgan fingerprint density at radius 2 is 1.41 bits per heavy atom. The molecule has 0 saturated heterocycles. The molecule has 5 nitrogen and oxygen atoms in total. The average Bonchev–Trinajstić information content (AvgIpc) is 2.93. The highest BCUT2D eigenvalue weighted by Crippen LogP contribution is 2.35. The summed E-state index contributed by atoms with van der Waals surface area (Å²) in [6.07, 6.45) is 3.26. The van der Waals surface area contributed by atoms with Gasteiger partial charge in [0.2, 0.25) is 0 Å². The minimum absolute atomic E-state index is 0.234. The molecule has 180 valence electrons. The largest absolute Gasteiger partial charge is 0.468 e. The van der Waals surface area contributed by atoms with Crippen molar-refractivity contribution in [3.8, 4) is 47.9 Å². The lowest BCUT2D eigenvalue weighted by atomic mass is 9.81. The van der Waals surface area contributed by atoms with Crippen LogP contribution in [-0.2, 0) is 19.1 Å². The number of aliphatic hydroxyl groups excluding tert-OH is 1. The van der Waals surface area contributed by atoms with E-state index in [1.54, 1.807) is 0 Å². The first-order chi connectivity index (χ1) is 17.9. The molecule has 0 aliphatic heterocycles. The summed E-state index contributed by atoms with van der Waals surface area (Å²) in [5.74, 6) is 16.6. The lowest BCUT2D eigenvalue weighted by Gasteiger charge is -2.23. The summed E-state index contributed by atoms with van der Waals surface area (Å²) in [4.78, 5) is 25.1. The molecule has 4 aromatic rings. The summed E-state index contributed by atoms with van der Waals surface area (Å²) in [5.41, 5.74) is -1.00. The van der Waals surface area contributed by atoms with Crippen LogP contribution in [0.4, 0.5) is 0 Å². The maximum absolute atomic E-state index is 12.6. The van der Waals surface area contributed by atoms with Gasteiger partial charge in [0, 0.05) is 18.4 Å². The van der Waals surface area contributed by atoms with Gasteiger partial charge in [-0.15, -0.1) is 6.42 Å². The van der Waals surface area contributed by atoms with Gasteiger partial charge >= 0.3 is 11.9 Å². The predicted molar refractivity (Wildman–Crippen MR) is 143 cm³/mol. The van der Waals surface area contributed by atoms with Crippen LogP contribution in [0.1, 0.15) is 18.4 Å². The SMILES string of the molecule is C#CC(O)C#CCC(CC#CC#Cc1cc2ccc3cccc4ccc(c1)c2c34)(C(=O)OC)C(=O)OC. The summed E-state index contributed by atoms with van der Waals surface area (Å²) in [5, 5.41) is 16.5. The van der Waals surface area contributed by atoms with Gasteiger partial charge < -0.3 is 14.6 Å². The zero-order valence-electron chi connectivity index (χ0n) is 20.3. The van der Waals surface area contributed by atoms with Crippen LogP contribution in [0.5, 0.6) is 0 Å². The second kappa shape index (κ2) is 10.8. The fourth-order valence-corrected chi connectivity index (χ4v) is 4.33. The topological polar surface area (TPSA) is 72.8 Å². The second-order valence-electron chi connectivity index (χ2n) is 8.37. The van der Waals surface area contributed by atoms with Crippen LogP contribution in [0.25, 0.3) is 32.3 Å². The molecule has 0 aromatic heterocycles. The fraction of sp³-hybridized carbons (Fsp3) is 0.188. The molecule has 0 aliphatic rings. The van der Waals surface area contributed by atoms with Gasteiger partial charge in [-0.1, -0.05) is 72.1 Å². The zero-order chi connectivity index (χ0) is 26.4. The van der Waals surface area contributed by atoms with E-state index >= 15 is 0 Å². The Morgan fingerprint density at radius 1 is 0.865 bits per heavy atom. The summed E-state index contributed by atoms with van der Waals surface area (Å²) in [6.45, 7) is 0. The van der Waals surface area contributed by atoms with Crippen LogP contribution in [-0.4, -0.2) is 37.4 Å². The summed E-state index contributed by atoms with van der Waals surface area (Å²) in [6, 6.07) is 18.7. The molecule has 5 heteroatoms. The lowest BCUT2D eigenvalue weighted by molar-refractivity contribution is -0.168. The standard InChI is InChI=1S/C32H22O5/c1-4-27(33)13-9-19-32(30(34)36-2,31(35)37-3)18-7-5-6-10-22-20-25-16-14-23-11-8-12-24-15-17-26(21-22)29(25)28(23)24/h1,8,11-12,14-17,20-21,27,33H,18-19H2,2-3H3. The maximum atomic E-state index is 12.6. The number of aliphatic hydroxyl groups is 1. The van der Waals surface area contributed by atoms with Gasteiger partial charge in [-0.3, -0.25) is 9.59 Å². The molecule has 0 amide bonds.